The number of para-hydroxylation sites is 1. The van der Waals surface area contributed by atoms with E-state index in [1.54, 1.807) is 16.8 Å². The van der Waals surface area contributed by atoms with Crippen LogP contribution in [0.15, 0.2) is 47.5 Å². The molecule has 4 nitrogen and oxygen atoms in total. The first-order valence-corrected chi connectivity index (χ1v) is 7.01. The van der Waals surface area contributed by atoms with Gasteiger partial charge in [0.25, 0.3) is 0 Å². The minimum absolute atomic E-state index is 0.0237. The van der Waals surface area contributed by atoms with E-state index in [0.717, 1.165) is 36.3 Å². The quantitative estimate of drug-likeness (QED) is 0.677. The number of rotatable bonds is 1. The molecular formula is C16H15N3O. The maximum absolute atomic E-state index is 12.7. The Balaban J connectivity index is 2.14. The van der Waals surface area contributed by atoms with E-state index in [9.17, 15) is 4.79 Å². The third kappa shape index (κ3) is 1.54. The SMILES string of the molecule is O=c1n(-c2ccccc2)c2c(c3nccn13)CCCC2. The molecule has 3 aromatic rings. The van der Waals surface area contributed by atoms with Gasteiger partial charge in [-0.3, -0.25) is 8.97 Å². The molecule has 0 aliphatic heterocycles. The lowest BCUT2D eigenvalue weighted by atomic mass is 9.96. The number of fused-ring (bicyclic) bond motifs is 3. The lowest BCUT2D eigenvalue weighted by Crippen LogP contribution is -2.30. The molecule has 0 spiro atoms. The molecule has 20 heavy (non-hydrogen) atoms. The Hall–Kier alpha value is -2.36. The predicted molar refractivity (Wildman–Crippen MR) is 77.4 cm³/mol. The molecule has 4 heteroatoms. The van der Waals surface area contributed by atoms with E-state index in [2.05, 4.69) is 4.98 Å². The largest absolute Gasteiger partial charge is 0.338 e. The zero-order valence-electron chi connectivity index (χ0n) is 11.1. The van der Waals surface area contributed by atoms with Crippen LogP contribution in [0.25, 0.3) is 11.3 Å². The molecule has 2 heterocycles. The van der Waals surface area contributed by atoms with Crippen LogP contribution < -0.4 is 5.69 Å². The van der Waals surface area contributed by atoms with Gasteiger partial charge < -0.3 is 0 Å². The fraction of sp³-hybridized carbons (Fsp3) is 0.250. The molecule has 0 saturated heterocycles. The van der Waals surface area contributed by atoms with Gasteiger partial charge in [0.05, 0.1) is 5.69 Å². The summed E-state index contributed by atoms with van der Waals surface area (Å²) in [6.07, 6.45) is 7.72. The van der Waals surface area contributed by atoms with E-state index in [1.165, 1.54) is 12.0 Å². The summed E-state index contributed by atoms with van der Waals surface area (Å²) in [5.41, 5.74) is 4.10. The third-order valence-corrected chi connectivity index (χ3v) is 4.03. The van der Waals surface area contributed by atoms with Gasteiger partial charge in [0, 0.05) is 23.7 Å². The van der Waals surface area contributed by atoms with E-state index in [-0.39, 0.29) is 5.69 Å². The van der Waals surface area contributed by atoms with Gasteiger partial charge in [-0.15, -0.1) is 0 Å². The lowest BCUT2D eigenvalue weighted by molar-refractivity contribution is 0.634. The number of hydrogen-bond acceptors (Lipinski definition) is 2. The Kier molecular flexibility index (Phi) is 2.49. The maximum Gasteiger partial charge on any atom is 0.338 e. The summed E-state index contributed by atoms with van der Waals surface area (Å²) < 4.78 is 3.51. The first kappa shape index (κ1) is 11.5. The Morgan fingerprint density at radius 3 is 2.70 bits per heavy atom. The van der Waals surface area contributed by atoms with Gasteiger partial charge in [-0.2, -0.15) is 0 Å². The van der Waals surface area contributed by atoms with E-state index >= 15 is 0 Å². The molecule has 0 amide bonds. The Morgan fingerprint density at radius 2 is 1.85 bits per heavy atom. The molecule has 0 N–H and O–H groups in total. The minimum atomic E-state index is -0.0237. The van der Waals surface area contributed by atoms with Crippen molar-refractivity contribution >= 4 is 5.65 Å². The van der Waals surface area contributed by atoms with Gasteiger partial charge >= 0.3 is 5.69 Å². The summed E-state index contributed by atoms with van der Waals surface area (Å²) in [5.74, 6) is 0. The highest BCUT2D eigenvalue weighted by atomic mass is 16.1. The molecule has 1 aromatic carbocycles. The zero-order chi connectivity index (χ0) is 13.5. The average molecular weight is 265 g/mol. The number of aryl methyl sites for hydroxylation is 1. The fourth-order valence-electron chi connectivity index (χ4n) is 3.12. The second-order valence-electron chi connectivity index (χ2n) is 5.21. The molecular weight excluding hydrogens is 250 g/mol. The molecule has 1 aliphatic carbocycles. The zero-order valence-corrected chi connectivity index (χ0v) is 11.1. The Morgan fingerprint density at radius 1 is 1.05 bits per heavy atom. The summed E-state index contributed by atoms with van der Waals surface area (Å²) in [4.78, 5) is 17.1. The maximum atomic E-state index is 12.7. The van der Waals surface area contributed by atoms with Gasteiger partial charge in [-0.25, -0.2) is 9.78 Å². The molecule has 4 rings (SSSR count). The Labute approximate surface area is 116 Å². The molecule has 0 unspecified atom stereocenters. The number of hydrogen-bond donors (Lipinski definition) is 0. The van der Waals surface area contributed by atoms with Gasteiger partial charge in [0.1, 0.15) is 5.65 Å². The first-order chi connectivity index (χ1) is 9.86. The monoisotopic (exact) mass is 265 g/mol. The average Bonchev–Trinajstić information content (AvgIpc) is 2.99. The van der Waals surface area contributed by atoms with Crippen LogP contribution >= 0.6 is 0 Å². The van der Waals surface area contributed by atoms with Gasteiger partial charge in [0.15, 0.2) is 0 Å². The van der Waals surface area contributed by atoms with Crippen LogP contribution in [0.5, 0.6) is 0 Å². The van der Waals surface area contributed by atoms with Crippen molar-refractivity contribution in [2.24, 2.45) is 0 Å². The van der Waals surface area contributed by atoms with Crippen molar-refractivity contribution in [3.05, 3.63) is 64.5 Å². The Bertz CT molecular complexity index is 830. The molecule has 0 radical (unpaired) electrons. The van der Waals surface area contributed by atoms with E-state index in [4.69, 9.17) is 0 Å². The lowest BCUT2D eigenvalue weighted by Gasteiger charge is -2.21. The van der Waals surface area contributed by atoms with Crippen molar-refractivity contribution in [2.45, 2.75) is 25.7 Å². The summed E-state index contributed by atoms with van der Waals surface area (Å²) in [7, 11) is 0. The van der Waals surface area contributed by atoms with Crippen LogP contribution in [0.4, 0.5) is 0 Å². The highest BCUT2D eigenvalue weighted by Crippen LogP contribution is 2.25. The van der Waals surface area contributed by atoms with Crippen molar-refractivity contribution in [2.75, 3.05) is 0 Å². The van der Waals surface area contributed by atoms with Crippen LogP contribution in [0.1, 0.15) is 24.1 Å². The number of benzene rings is 1. The standard InChI is InChI=1S/C16H15N3O/c20-16-18-11-10-17-15(18)13-8-4-5-9-14(13)19(16)12-6-2-1-3-7-12/h1-3,6-7,10-11H,4-5,8-9H2. The predicted octanol–water partition coefficient (Wildman–Crippen LogP) is 2.36. The molecule has 0 atom stereocenters. The van der Waals surface area contributed by atoms with Crippen LogP contribution in [0, 0.1) is 0 Å². The topological polar surface area (TPSA) is 39.3 Å². The van der Waals surface area contributed by atoms with Crippen molar-refractivity contribution < 1.29 is 0 Å². The molecule has 0 saturated carbocycles. The van der Waals surface area contributed by atoms with Crippen LogP contribution in [-0.4, -0.2) is 14.0 Å². The van der Waals surface area contributed by atoms with Gasteiger partial charge in [-0.05, 0) is 37.8 Å². The highest BCUT2D eigenvalue weighted by molar-refractivity contribution is 5.53. The smallest absolute Gasteiger partial charge is 0.266 e. The fourth-order valence-corrected chi connectivity index (χ4v) is 3.12. The van der Waals surface area contributed by atoms with Crippen molar-refractivity contribution in [1.29, 1.82) is 0 Å². The molecule has 0 bridgehead atoms. The van der Waals surface area contributed by atoms with E-state index in [1.807, 2.05) is 34.9 Å². The molecule has 1 aliphatic rings. The molecule has 100 valence electrons. The van der Waals surface area contributed by atoms with Crippen molar-refractivity contribution in [3.63, 3.8) is 0 Å². The van der Waals surface area contributed by atoms with Gasteiger partial charge in [0.2, 0.25) is 0 Å². The summed E-state index contributed by atoms with van der Waals surface area (Å²) in [5, 5.41) is 0. The first-order valence-electron chi connectivity index (χ1n) is 7.01. The van der Waals surface area contributed by atoms with Crippen molar-refractivity contribution in [1.82, 2.24) is 14.0 Å². The number of aromatic nitrogens is 3. The second-order valence-corrected chi connectivity index (χ2v) is 5.21. The molecule has 0 fully saturated rings. The summed E-state index contributed by atoms with van der Waals surface area (Å²) in [6.45, 7) is 0. The number of nitrogens with zero attached hydrogens (tertiary/aromatic N) is 3. The third-order valence-electron chi connectivity index (χ3n) is 4.03. The summed E-state index contributed by atoms with van der Waals surface area (Å²) in [6, 6.07) is 9.87. The second kappa shape index (κ2) is 4.34. The normalized spacial score (nSPS) is 14.4. The minimum Gasteiger partial charge on any atom is -0.266 e. The van der Waals surface area contributed by atoms with E-state index < -0.39 is 0 Å². The van der Waals surface area contributed by atoms with Crippen LogP contribution in [0.2, 0.25) is 0 Å². The van der Waals surface area contributed by atoms with Crippen LogP contribution in [0.3, 0.4) is 0 Å². The molecule has 2 aromatic heterocycles. The highest BCUT2D eigenvalue weighted by Gasteiger charge is 2.20. The number of imidazole rings is 1. The summed E-state index contributed by atoms with van der Waals surface area (Å²) >= 11 is 0. The van der Waals surface area contributed by atoms with Crippen LogP contribution in [-0.2, 0) is 12.8 Å². The van der Waals surface area contributed by atoms with Crippen molar-refractivity contribution in [3.8, 4) is 5.69 Å². The van der Waals surface area contributed by atoms with Gasteiger partial charge in [-0.1, -0.05) is 18.2 Å². The van der Waals surface area contributed by atoms with E-state index in [0.29, 0.717) is 0 Å².